The molecule has 0 radical (unpaired) electrons. The van der Waals surface area contributed by atoms with Crippen LogP contribution in [0, 0.1) is 5.92 Å². The number of allylic oxidation sites excluding steroid dienone is 2. The minimum Gasteiger partial charge on any atom is -0.268 e. The molecule has 2 atom stereocenters. The van der Waals surface area contributed by atoms with Crippen LogP contribution in [-0.2, 0) is 7.05 Å². The summed E-state index contributed by atoms with van der Waals surface area (Å²) in [6.07, 6.45) is 6.20. The van der Waals surface area contributed by atoms with Gasteiger partial charge in [-0.3, -0.25) is 4.68 Å². The molecule has 0 fully saturated rings. The van der Waals surface area contributed by atoms with Gasteiger partial charge >= 0.3 is 0 Å². The maximum absolute atomic E-state index is 6.17. The van der Waals surface area contributed by atoms with Gasteiger partial charge in [0.1, 0.15) is 0 Å². The van der Waals surface area contributed by atoms with Crippen LogP contribution in [0.15, 0.2) is 18.3 Å². The lowest BCUT2D eigenvalue weighted by atomic mass is 9.88. The number of hydrogen-bond donors (Lipinski definition) is 0. The average molecular weight is 211 g/mol. The van der Waals surface area contributed by atoms with E-state index in [4.69, 9.17) is 11.6 Å². The number of aromatic nitrogens is 2. The predicted molar refractivity (Wildman–Crippen MR) is 59.2 cm³/mol. The standard InChI is InChI=1S/C11H15ClN2/c1-8-5-9(7-10(12)6-8)11-3-4-13-14(11)2/h3-4,7-8,10H,5-6H2,1-2H3. The molecule has 14 heavy (non-hydrogen) atoms. The Hall–Kier alpha value is -0.760. The Kier molecular flexibility index (Phi) is 2.64. The molecule has 2 nitrogen and oxygen atoms in total. The Labute approximate surface area is 89.6 Å². The van der Waals surface area contributed by atoms with Crippen LogP contribution in [-0.4, -0.2) is 15.2 Å². The molecule has 1 heterocycles. The van der Waals surface area contributed by atoms with E-state index in [9.17, 15) is 0 Å². The van der Waals surface area contributed by atoms with E-state index in [1.807, 2.05) is 24.0 Å². The van der Waals surface area contributed by atoms with Crippen molar-refractivity contribution in [2.45, 2.75) is 25.1 Å². The SMILES string of the molecule is CC1CC(c2ccnn2C)=CC(Cl)C1. The summed E-state index contributed by atoms with van der Waals surface area (Å²) in [7, 11) is 1.97. The van der Waals surface area contributed by atoms with Crippen LogP contribution < -0.4 is 0 Å². The van der Waals surface area contributed by atoms with Gasteiger partial charge < -0.3 is 0 Å². The molecular formula is C11H15ClN2. The van der Waals surface area contributed by atoms with Gasteiger partial charge in [-0.15, -0.1) is 11.6 Å². The van der Waals surface area contributed by atoms with Gasteiger partial charge in [-0.25, -0.2) is 0 Å². The molecule has 1 aliphatic carbocycles. The fraction of sp³-hybridized carbons (Fsp3) is 0.545. The van der Waals surface area contributed by atoms with Gasteiger partial charge in [-0.1, -0.05) is 13.0 Å². The lowest BCUT2D eigenvalue weighted by Crippen LogP contribution is -2.12. The van der Waals surface area contributed by atoms with Crippen LogP contribution >= 0.6 is 11.6 Å². The number of nitrogens with zero attached hydrogens (tertiary/aromatic N) is 2. The molecule has 1 aromatic rings. The number of rotatable bonds is 1. The van der Waals surface area contributed by atoms with Crippen molar-refractivity contribution >= 4 is 17.2 Å². The fourth-order valence-electron chi connectivity index (χ4n) is 2.08. The second-order valence-corrected chi connectivity index (χ2v) is 4.65. The Morgan fingerprint density at radius 1 is 1.57 bits per heavy atom. The van der Waals surface area contributed by atoms with Crippen LogP contribution in [0.3, 0.4) is 0 Å². The summed E-state index contributed by atoms with van der Waals surface area (Å²) in [5, 5.41) is 4.36. The van der Waals surface area contributed by atoms with Crippen molar-refractivity contribution in [3.63, 3.8) is 0 Å². The first-order chi connectivity index (χ1) is 6.66. The van der Waals surface area contributed by atoms with E-state index >= 15 is 0 Å². The van der Waals surface area contributed by atoms with E-state index < -0.39 is 0 Å². The molecule has 0 N–H and O–H groups in total. The van der Waals surface area contributed by atoms with E-state index in [2.05, 4.69) is 18.1 Å². The smallest absolute Gasteiger partial charge is 0.0635 e. The van der Waals surface area contributed by atoms with Crippen molar-refractivity contribution in [1.29, 1.82) is 0 Å². The summed E-state index contributed by atoms with van der Waals surface area (Å²) in [5.74, 6) is 0.674. The molecule has 1 aromatic heterocycles. The Bertz CT molecular complexity index is 354. The van der Waals surface area contributed by atoms with Gasteiger partial charge in [0, 0.05) is 13.2 Å². The van der Waals surface area contributed by atoms with Gasteiger partial charge in [0.15, 0.2) is 0 Å². The minimum atomic E-state index is 0.184. The Morgan fingerprint density at radius 2 is 2.36 bits per heavy atom. The second-order valence-electron chi connectivity index (χ2n) is 4.09. The van der Waals surface area contributed by atoms with Crippen molar-refractivity contribution < 1.29 is 0 Å². The zero-order chi connectivity index (χ0) is 10.1. The molecule has 0 saturated carbocycles. The average Bonchev–Trinajstić information content (AvgIpc) is 2.49. The predicted octanol–water partition coefficient (Wildman–Crippen LogP) is 2.84. The summed E-state index contributed by atoms with van der Waals surface area (Å²) < 4.78 is 1.91. The Morgan fingerprint density at radius 3 is 2.93 bits per heavy atom. The molecule has 0 bridgehead atoms. The molecule has 0 aliphatic heterocycles. The highest BCUT2D eigenvalue weighted by Gasteiger charge is 2.19. The van der Waals surface area contributed by atoms with Gasteiger partial charge in [-0.05, 0) is 30.4 Å². The van der Waals surface area contributed by atoms with Crippen LogP contribution in [0.4, 0.5) is 0 Å². The lowest BCUT2D eigenvalue weighted by Gasteiger charge is -2.22. The highest BCUT2D eigenvalue weighted by atomic mass is 35.5. The van der Waals surface area contributed by atoms with Gasteiger partial charge in [-0.2, -0.15) is 5.10 Å². The third-order valence-corrected chi connectivity index (χ3v) is 3.03. The molecule has 0 aromatic carbocycles. The van der Waals surface area contributed by atoms with Crippen molar-refractivity contribution in [2.24, 2.45) is 13.0 Å². The number of hydrogen-bond acceptors (Lipinski definition) is 1. The number of halogens is 1. The molecule has 2 rings (SSSR count). The van der Waals surface area contributed by atoms with E-state index in [1.165, 1.54) is 11.3 Å². The van der Waals surface area contributed by atoms with Crippen molar-refractivity contribution in [1.82, 2.24) is 9.78 Å². The second kappa shape index (κ2) is 3.77. The third-order valence-electron chi connectivity index (χ3n) is 2.73. The summed E-state index contributed by atoms with van der Waals surface area (Å²) in [5.41, 5.74) is 2.53. The van der Waals surface area contributed by atoms with Crippen molar-refractivity contribution in [3.8, 4) is 0 Å². The van der Waals surface area contributed by atoms with E-state index in [1.54, 1.807) is 0 Å². The molecule has 0 amide bonds. The summed E-state index contributed by atoms with van der Waals surface area (Å²) >= 11 is 6.17. The molecule has 0 spiro atoms. The van der Waals surface area contributed by atoms with Crippen LogP contribution in [0.1, 0.15) is 25.5 Å². The largest absolute Gasteiger partial charge is 0.268 e. The highest BCUT2D eigenvalue weighted by molar-refractivity contribution is 6.22. The topological polar surface area (TPSA) is 17.8 Å². The summed E-state index contributed by atoms with van der Waals surface area (Å²) in [6, 6.07) is 2.05. The van der Waals surface area contributed by atoms with Crippen LogP contribution in [0.5, 0.6) is 0 Å². The van der Waals surface area contributed by atoms with Crippen LogP contribution in [0.2, 0.25) is 0 Å². The maximum atomic E-state index is 6.17. The van der Waals surface area contributed by atoms with E-state index in [-0.39, 0.29) is 5.38 Å². The highest BCUT2D eigenvalue weighted by Crippen LogP contribution is 2.32. The van der Waals surface area contributed by atoms with Gasteiger partial charge in [0.2, 0.25) is 0 Å². The molecule has 76 valence electrons. The fourth-order valence-corrected chi connectivity index (χ4v) is 2.53. The van der Waals surface area contributed by atoms with E-state index in [0.29, 0.717) is 5.92 Å². The van der Waals surface area contributed by atoms with Crippen molar-refractivity contribution in [2.75, 3.05) is 0 Å². The number of aryl methyl sites for hydroxylation is 1. The van der Waals surface area contributed by atoms with Gasteiger partial charge in [0.25, 0.3) is 0 Å². The van der Waals surface area contributed by atoms with E-state index in [0.717, 1.165) is 12.8 Å². The first kappa shape index (κ1) is 9.78. The van der Waals surface area contributed by atoms with Crippen LogP contribution in [0.25, 0.3) is 5.57 Å². The lowest BCUT2D eigenvalue weighted by molar-refractivity contribution is 0.537. The minimum absolute atomic E-state index is 0.184. The first-order valence-corrected chi connectivity index (χ1v) is 5.43. The molecule has 1 aliphatic rings. The summed E-state index contributed by atoms with van der Waals surface area (Å²) in [4.78, 5) is 0. The quantitative estimate of drug-likeness (QED) is 0.652. The van der Waals surface area contributed by atoms with Crippen molar-refractivity contribution in [3.05, 3.63) is 24.0 Å². The monoisotopic (exact) mass is 210 g/mol. The molecule has 2 unspecified atom stereocenters. The molecular weight excluding hydrogens is 196 g/mol. The third kappa shape index (κ3) is 1.85. The summed E-state index contributed by atoms with van der Waals surface area (Å²) in [6.45, 7) is 2.25. The zero-order valence-corrected chi connectivity index (χ0v) is 9.33. The normalized spacial score (nSPS) is 27.5. The maximum Gasteiger partial charge on any atom is 0.0635 e. The first-order valence-electron chi connectivity index (χ1n) is 5.00. The molecule has 0 saturated heterocycles. The number of alkyl halides is 1. The zero-order valence-electron chi connectivity index (χ0n) is 8.57. The Balaban J connectivity index is 2.30. The van der Waals surface area contributed by atoms with Gasteiger partial charge in [0.05, 0.1) is 11.1 Å². The molecule has 3 heteroatoms.